The molecular weight excluding hydrogens is 754 g/mol. The van der Waals surface area contributed by atoms with Gasteiger partial charge in [0, 0.05) is 5.56 Å². The first kappa shape index (κ1) is 34.8. The molecule has 0 saturated heterocycles. The van der Waals surface area contributed by atoms with Gasteiger partial charge in [0.25, 0.3) is 5.56 Å². The van der Waals surface area contributed by atoms with Crippen LogP contribution in [-0.4, -0.2) is 43.4 Å². The largest absolute Gasteiger partial charge is 0.490 e. The van der Waals surface area contributed by atoms with E-state index < -0.39 is 18.0 Å². The molecule has 0 bridgehead atoms. The van der Waals surface area contributed by atoms with Crippen molar-refractivity contribution in [3.05, 3.63) is 118 Å². The van der Waals surface area contributed by atoms with E-state index in [4.69, 9.17) is 18.9 Å². The number of carbonyl (C=O) groups excluding carboxylic acids is 2. The normalized spacial score (nSPS) is 14.2. The summed E-state index contributed by atoms with van der Waals surface area (Å²) in [6.07, 6.45) is 1.75. The lowest BCUT2D eigenvalue weighted by Crippen LogP contribution is -2.40. The Balaban J connectivity index is 1.55. The predicted molar refractivity (Wildman–Crippen MR) is 185 cm³/mol. The molecular formula is C35H32FIN2O8S. The van der Waals surface area contributed by atoms with E-state index in [9.17, 15) is 18.8 Å². The average Bonchev–Trinajstić information content (AvgIpc) is 3.37. The number of thiazole rings is 1. The summed E-state index contributed by atoms with van der Waals surface area (Å²) in [5.74, 6) is -0.287. The Morgan fingerprint density at radius 3 is 2.48 bits per heavy atom. The highest BCUT2D eigenvalue weighted by Gasteiger charge is 2.34. The molecule has 1 aliphatic heterocycles. The molecule has 13 heteroatoms. The minimum Gasteiger partial charge on any atom is -0.490 e. The molecule has 0 unspecified atom stereocenters. The Morgan fingerprint density at radius 1 is 1.00 bits per heavy atom. The number of nitrogens with zero attached hydrogens (tertiary/aromatic N) is 2. The summed E-state index contributed by atoms with van der Waals surface area (Å²) < 4.78 is 44.1. The first-order valence-electron chi connectivity index (χ1n) is 15.0. The fourth-order valence-corrected chi connectivity index (χ4v) is 6.77. The van der Waals surface area contributed by atoms with Gasteiger partial charge in [-0.3, -0.25) is 9.36 Å². The third-order valence-electron chi connectivity index (χ3n) is 7.27. The molecule has 0 fully saturated rings. The maximum Gasteiger partial charge on any atom is 0.343 e. The summed E-state index contributed by atoms with van der Waals surface area (Å²) in [6.45, 7) is 5.40. The Morgan fingerprint density at radius 2 is 1.77 bits per heavy atom. The van der Waals surface area contributed by atoms with E-state index in [0.29, 0.717) is 50.0 Å². The van der Waals surface area contributed by atoms with Gasteiger partial charge < -0.3 is 23.7 Å². The fraction of sp³-hybridized carbons (Fsp3) is 0.257. The van der Waals surface area contributed by atoms with Gasteiger partial charge in [0.1, 0.15) is 18.2 Å². The number of methoxy groups -OCH3 is 1. The molecule has 0 amide bonds. The highest BCUT2D eigenvalue weighted by atomic mass is 127. The van der Waals surface area contributed by atoms with E-state index in [1.807, 2.05) is 12.1 Å². The second-order valence-corrected chi connectivity index (χ2v) is 12.5. The SMILES string of the molecule is CCOC(=O)C1=C(C)N=c2s/c(=C\c3ccc(OCc4ccccc4F)c(I)c3)c(=O)n2[C@H]1c1ccc(OCC(=O)OC)c(OCC)c1. The van der Waals surface area contributed by atoms with Crippen LogP contribution in [0.5, 0.6) is 17.2 Å². The van der Waals surface area contributed by atoms with E-state index in [1.54, 1.807) is 69.3 Å². The van der Waals surface area contributed by atoms with Crippen LogP contribution in [-0.2, 0) is 25.7 Å². The molecule has 2 heterocycles. The summed E-state index contributed by atoms with van der Waals surface area (Å²) in [7, 11) is 1.26. The van der Waals surface area contributed by atoms with Crippen molar-refractivity contribution in [3.63, 3.8) is 0 Å². The lowest BCUT2D eigenvalue weighted by molar-refractivity contribution is -0.143. The van der Waals surface area contributed by atoms with E-state index in [2.05, 4.69) is 32.3 Å². The Labute approximate surface area is 293 Å². The highest BCUT2D eigenvalue weighted by Crippen LogP contribution is 2.36. The number of benzene rings is 3. The number of ether oxygens (including phenoxy) is 5. The summed E-state index contributed by atoms with van der Waals surface area (Å²) in [5.41, 5.74) is 2.03. The molecule has 1 atom stereocenters. The molecule has 10 nitrogen and oxygen atoms in total. The van der Waals surface area contributed by atoms with Crippen molar-refractivity contribution in [2.75, 3.05) is 26.9 Å². The van der Waals surface area contributed by atoms with Gasteiger partial charge in [-0.2, -0.15) is 0 Å². The van der Waals surface area contributed by atoms with Crippen molar-refractivity contribution >= 4 is 51.9 Å². The third-order valence-corrected chi connectivity index (χ3v) is 9.09. The molecule has 48 heavy (non-hydrogen) atoms. The van der Waals surface area contributed by atoms with Gasteiger partial charge in [0.2, 0.25) is 0 Å². The Bertz CT molecular complexity index is 2070. The molecule has 1 aromatic heterocycles. The molecule has 4 aromatic rings. The lowest BCUT2D eigenvalue weighted by Gasteiger charge is -2.25. The third kappa shape index (κ3) is 7.62. The van der Waals surface area contributed by atoms with Crippen molar-refractivity contribution in [2.45, 2.75) is 33.4 Å². The second-order valence-electron chi connectivity index (χ2n) is 10.4. The van der Waals surface area contributed by atoms with Crippen molar-refractivity contribution in [2.24, 2.45) is 4.99 Å². The summed E-state index contributed by atoms with van der Waals surface area (Å²) >= 11 is 3.33. The molecule has 0 spiro atoms. The quantitative estimate of drug-likeness (QED) is 0.145. The maximum atomic E-state index is 14.1. The number of rotatable bonds is 12. The van der Waals surface area contributed by atoms with Crippen LogP contribution in [0.15, 0.2) is 81.7 Å². The standard InChI is InChI=1S/C35H32FIN2O8S/c1-5-44-28-17-22(12-14-27(28)47-19-30(40)43-4)32-31(34(42)45-6-2)20(3)38-35-39(32)33(41)29(48-35)16-21-11-13-26(25(37)15-21)46-18-23-9-7-8-10-24(23)36/h7-17,32H,5-6,18-19H2,1-4H3/b29-16-/t32-/m0/s1. The van der Waals surface area contributed by atoms with Crippen LogP contribution < -0.4 is 29.1 Å². The van der Waals surface area contributed by atoms with Gasteiger partial charge in [-0.15, -0.1) is 0 Å². The Hall–Kier alpha value is -4.50. The van der Waals surface area contributed by atoms with Gasteiger partial charge in [0.15, 0.2) is 22.9 Å². The van der Waals surface area contributed by atoms with E-state index in [1.165, 1.54) is 29.1 Å². The van der Waals surface area contributed by atoms with Crippen LogP contribution in [0.3, 0.4) is 0 Å². The number of hydrogen-bond acceptors (Lipinski definition) is 10. The number of carbonyl (C=O) groups is 2. The predicted octanol–water partition coefficient (Wildman–Crippen LogP) is 5.07. The van der Waals surface area contributed by atoms with Crippen molar-refractivity contribution < 1.29 is 37.7 Å². The first-order chi connectivity index (χ1) is 23.1. The average molecular weight is 787 g/mol. The number of fused-ring (bicyclic) bond motifs is 1. The van der Waals surface area contributed by atoms with Crippen molar-refractivity contribution in [3.8, 4) is 17.2 Å². The highest BCUT2D eigenvalue weighted by molar-refractivity contribution is 14.1. The number of allylic oxidation sites excluding steroid dienone is 1. The van der Waals surface area contributed by atoms with E-state index in [0.717, 1.165) is 9.13 Å². The number of esters is 2. The topological polar surface area (TPSA) is 115 Å². The molecule has 250 valence electrons. The van der Waals surface area contributed by atoms with E-state index in [-0.39, 0.29) is 36.8 Å². The summed E-state index contributed by atoms with van der Waals surface area (Å²) in [6, 6.07) is 16.0. The molecule has 3 aromatic carbocycles. The fourth-order valence-electron chi connectivity index (χ4n) is 5.03. The minimum atomic E-state index is -0.884. The second kappa shape index (κ2) is 15.6. The molecule has 0 saturated carbocycles. The zero-order chi connectivity index (χ0) is 34.4. The molecule has 0 radical (unpaired) electrons. The molecule has 1 aliphatic rings. The van der Waals surface area contributed by atoms with Gasteiger partial charge in [0.05, 0.1) is 45.7 Å². The van der Waals surface area contributed by atoms with Crippen LogP contribution in [0, 0.1) is 9.39 Å². The smallest absolute Gasteiger partial charge is 0.343 e. The van der Waals surface area contributed by atoms with Gasteiger partial charge in [-0.25, -0.2) is 19.0 Å². The van der Waals surface area contributed by atoms with Gasteiger partial charge >= 0.3 is 11.9 Å². The van der Waals surface area contributed by atoms with Gasteiger partial charge in [-0.1, -0.05) is 41.7 Å². The summed E-state index contributed by atoms with van der Waals surface area (Å²) in [5, 5.41) is 0. The zero-order valence-electron chi connectivity index (χ0n) is 26.6. The lowest BCUT2D eigenvalue weighted by atomic mass is 9.95. The monoisotopic (exact) mass is 786 g/mol. The number of aromatic nitrogens is 1. The van der Waals surface area contributed by atoms with Crippen LogP contribution >= 0.6 is 33.9 Å². The number of halogens is 2. The minimum absolute atomic E-state index is 0.0756. The molecule has 0 N–H and O–H groups in total. The maximum absolute atomic E-state index is 14.1. The van der Waals surface area contributed by atoms with Crippen LogP contribution in [0.25, 0.3) is 6.08 Å². The Kier molecular flexibility index (Phi) is 11.3. The molecule has 0 aliphatic carbocycles. The van der Waals surface area contributed by atoms with E-state index >= 15 is 0 Å². The van der Waals surface area contributed by atoms with Crippen LogP contribution in [0.1, 0.15) is 43.5 Å². The molecule has 5 rings (SSSR count). The van der Waals surface area contributed by atoms with Crippen LogP contribution in [0.2, 0.25) is 0 Å². The summed E-state index contributed by atoms with van der Waals surface area (Å²) in [4.78, 5) is 44.2. The zero-order valence-corrected chi connectivity index (χ0v) is 29.6. The van der Waals surface area contributed by atoms with Crippen LogP contribution in [0.4, 0.5) is 4.39 Å². The number of hydrogen-bond donors (Lipinski definition) is 0. The van der Waals surface area contributed by atoms with Crippen molar-refractivity contribution in [1.29, 1.82) is 0 Å². The van der Waals surface area contributed by atoms with Gasteiger partial charge in [-0.05, 0) is 90.9 Å². The first-order valence-corrected chi connectivity index (χ1v) is 16.9. The van der Waals surface area contributed by atoms with Crippen molar-refractivity contribution in [1.82, 2.24) is 4.57 Å².